The van der Waals surface area contributed by atoms with Gasteiger partial charge in [-0.05, 0) is 12.5 Å². The second-order valence-corrected chi connectivity index (χ2v) is 4.01. The lowest BCUT2D eigenvalue weighted by molar-refractivity contribution is 0.0601. The molecular formula is C10H13NO4S. The van der Waals surface area contributed by atoms with Crippen LogP contribution in [0.4, 0.5) is 5.00 Å². The van der Waals surface area contributed by atoms with Crippen LogP contribution in [-0.2, 0) is 9.47 Å². The van der Waals surface area contributed by atoms with Crippen molar-refractivity contribution in [3.8, 4) is 0 Å². The molecule has 0 bridgehead atoms. The summed E-state index contributed by atoms with van der Waals surface area (Å²) in [6, 6.07) is 0. The summed E-state index contributed by atoms with van der Waals surface area (Å²) in [5, 5.41) is 3.46. The highest BCUT2D eigenvalue weighted by atomic mass is 32.1. The molecule has 1 rings (SSSR count). The van der Waals surface area contributed by atoms with Crippen molar-refractivity contribution < 1.29 is 19.1 Å². The Bertz CT molecular complexity index is 425. The Balaban J connectivity index is 3.32. The van der Waals surface area contributed by atoms with E-state index in [-0.39, 0.29) is 0 Å². The van der Waals surface area contributed by atoms with Crippen molar-refractivity contribution in [3.05, 3.63) is 16.0 Å². The number of methoxy groups -OCH3 is 2. The first-order valence-corrected chi connectivity index (χ1v) is 5.36. The minimum absolute atomic E-state index is 0.385. The predicted molar refractivity (Wildman–Crippen MR) is 61.3 cm³/mol. The third-order valence-electron chi connectivity index (χ3n) is 2.13. The molecule has 0 aromatic carbocycles. The maximum atomic E-state index is 11.5. The molecule has 5 nitrogen and oxygen atoms in total. The predicted octanol–water partition coefficient (Wildman–Crippen LogP) is 1.67. The van der Waals surface area contributed by atoms with Crippen molar-refractivity contribution in [2.45, 2.75) is 6.92 Å². The molecule has 0 radical (unpaired) electrons. The monoisotopic (exact) mass is 243 g/mol. The van der Waals surface area contributed by atoms with Crippen molar-refractivity contribution in [1.82, 2.24) is 0 Å². The zero-order valence-electron chi connectivity index (χ0n) is 9.54. The van der Waals surface area contributed by atoms with Crippen LogP contribution < -0.4 is 5.32 Å². The number of carbonyl (C=O) groups excluding carboxylic acids is 2. The van der Waals surface area contributed by atoms with Crippen LogP contribution >= 0.6 is 11.3 Å². The summed E-state index contributed by atoms with van der Waals surface area (Å²) < 4.78 is 9.30. The molecular weight excluding hydrogens is 230 g/mol. The van der Waals surface area contributed by atoms with Gasteiger partial charge in [-0.1, -0.05) is 0 Å². The molecule has 0 aliphatic heterocycles. The Hall–Kier alpha value is -1.56. The fourth-order valence-electron chi connectivity index (χ4n) is 1.32. The Kier molecular flexibility index (Phi) is 3.89. The topological polar surface area (TPSA) is 64.6 Å². The number of carbonyl (C=O) groups is 2. The highest BCUT2D eigenvalue weighted by Gasteiger charge is 2.24. The molecule has 1 aromatic heterocycles. The first kappa shape index (κ1) is 12.5. The number of ether oxygens (including phenoxy) is 2. The fourth-order valence-corrected chi connectivity index (χ4v) is 2.39. The SMILES string of the molecule is CNc1sc(C(=O)OC)c(C)c1C(=O)OC. The van der Waals surface area contributed by atoms with E-state index in [2.05, 4.69) is 14.8 Å². The number of hydrogen-bond acceptors (Lipinski definition) is 6. The van der Waals surface area contributed by atoms with E-state index in [1.165, 1.54) is 25.6 Å². The second kappa shape index (κ2) is 4.98. The molecule has 0 atom stereocenters. The van der Waals surface area contributed by atoms with Gasteiger partial charge < -0.3 is 14.8 Å². The molecule has 1 heterocycles. The zero-order valence-corrected chi connectivity index (χ0v) is 10.4. The average Bonchev–Trinajstić information content (AvgIpc) is 2.64. The molecule has 0 saturated carbocycles. The molecule has 0 fully saturated rings. The van der Waals surface area contributed by atoms with E-state index >= 15 is 0 Å². The van der Waals surface area contributed by atoms with E-state index in [1.807, 2.05) is 0 Å². The van der Waals surface area contributed by atoms with E-state index in [9.17, 15) is 9.59 Å². The number of rotatable bonds is 3. The first-order chi connectivity index (χ1) is 7.56. The van der Waals surface area contributed by atoms with Crippen molar-refractivity contribution in [2.24, 2.45) is 0 Å². The third kappa shape index (κ3) is 2.01. The van der Waals surface area contributed by atoms with Crippen molar-refractivity contribution in [3.63, 3.8) is 0 Å². The summed E-state index contributed by atoms with van der Waals surface area (Å²) in [5.41, 5.74) is 0.962. The Labute approximate surface area is 97.4 Å². The highest BCUT2D eigenvalue weighted by molar-refractivity contribution is 7.18. The summed E-state index contributed by atoms with van der Waals surface area (Å²) in [4.78, 5) is 23.4. The van der Waals surface area contributed by atoms with Gasteiger partial charge in [-0.15, -0.1) is 11.3 Å². The molecule has 0 spiro atoms. The van der Waals surface area contributed by atoms with E-state index in [4.69, 9.17) is 0 Å². The molecule has 0 saturated heterocycles. The summed E-state index contributed by atoms with van der Waals surface area (Å²) in [7, 11) is 4.29. The summed E-state index contributed by atoms with van der Waals surface area (Å²) in [5.74, 6) is -0.914. The maximum Gasteiger partial charge on any atom is 0.348 e. The molecule has 0 aliphatic carbocycles. The molecule has 16 heavy (non-hydrogen) atoms. The van der Waals surface area contributed by atoms with Crippen LogP contribution in [0.1, 0.15) is 25.6 Å². The van der Waals surface area contributed by atoms with Crippen molar-refractivity contribution in [2.75, 3.05) is 26.6 Å². The maximum absolute atomic E-state index is 11.5. The fraction of sp³-hybridized carbons (Fsp3) is 0.400. The molecule has 0 unspecified atom stereocenters. The average molecular weight is 243 g/mol. The van der Waals surface area contributed by atoms with Crippen LogP contribution in [0.15, 0.2) is 0 Å². The summed E-state index contributed by atoms with van der Waals surface area (Å²) in [6.45, 7) is 1.69. The summed E-state index contributed by atoms with van der Waals surface area (Å²) >= 11 is 1.18. The first-order valence-electron chi connectivity index (χ1n) is 4.54. The number of thiophene rings is 1. The van der Waals surface area contributed by atoms with Gasteiger partial charge in [-0.25, -0.2) is 9.59 Å². The normalized spacial score (nSPS) is 9.75. The minimum atomic E-state index is -0.465. The summed E-state index contributed by atoms with van der Waals surface area (Å²) in [6.07, 6.45) is 0. The van der Waals surface area contributed by atoms with E-state index in [0.717, 1.165) is 0 Å². The molecule has 88 valence electrons. The van der Waals surface area contributed by atoms with Gasteiger partial charge in [0.25, 0.3) is 0 Å². The third-order valence-corrected chi connectivity index (χ3v) is 3.42. The van der Waals surface area contributed by atoms with Crippen LogP contribution in [0, 0.1) is 6.92 Å². The number of esters is 2. The van der Waals surface area contributed by atoms with Crippen molar-refractivity contribution in [1.29, 1.82) is 0 Å². The highest BCUT2D eigenvalue weighted by Crippen LogP contribution is 2.33. The van der Waals surface area contributed by atoms with Gasteiger partial charge in [0.2, 0.25) is 0 Å². The lowest BCUT2D eigenvalue weighted by Gasteiger charge is -2.01. The lowest BCUT2D eigenvalue weighted by atomic mass is 10.1. The van der Waals surface area contributed by atoms with Gasteiger partial charge in [-0.3, -0.25) is 0 Å². The molecule has 0 aliphatic rings. The Morgan fingerprint density at radius 3 is 2.19 bits per heavy atom. The number of nitrogens with one attached hydrogen (secondary N) is 1. The van der Waals surface area contributed by atoms with Crippen LogP contribution in [0.3, 0.4) is 0 Å². The van der Waals surface area contributed by atoms with Gasteiger partial charge in [-0.2, -0.15) is 0 Å². The van der Waals surface area contributed by atoms with Gasteiger partial charge in [0.1, 0.15) is 9.88 Å². The quantitative estimate of drug-likeness (QED) is 0.818. The molecule has 1 aromatic rings. The standard InChI is InChI=1S/C10H13NO4S/c1-5-6(9(12)14-3)8(11-2)16-7(5)10(13)15-4/h11H,1-4H3. The smallest absolute Gasteiger partial charge is 0.348 e. The van der Waals surface area contributed by atoms with Crippen LogP contribution in [0.2, 0.25) is 0 Å². The van der Waals surface area contributed by atoms with E-state index < -0.39 is 11.9 Å². The number of anilines is 1. The second-order valence-electron chi connectivity index (χ2n) is 2.99. The molecule has 6 heteroatoms. The largest absolute Gasteiger partial charge is 0.465 e. The van der Waals surface area contributed by atoms with Gasteiger partial charge >= 0.3 is 11.9 Å². The van der Waals surface area contributed by atoms with Gasteiger partial charge in [0.05, 0.1) is 19.8 Å². The Morgan fingerprint density at radius 1 is 1.19 bits per heavy atom. The van der Waals surface area contributed by atoms with Crippen molar-refractivity contribution >= 4 is 28.3 Å². The van der Waals surface area contributed by atoms with Crippen LogP contribution in [0.5, 0.6) is 0 Å². The molecule has 1 N–H and O–H groups in total. The minimum Gasteiger partial charge on any atom is -0.465 e. The van der Waals surface area contributed by atoms with Gasteiger partial charge in [0, 0.05) is 7.05 Å². The number of hydrogen-bond donors (Lipinski definition) is 1. The zero-order chi connectivity index (χ0) is 12.3. The lowest BCUT2D eigenvalue weighted by Crippen LogP contribution is -2.06. The Morgan fingerprint density at radius 2 is 1.75 bits per heavy atom. The van der Waals surface area contributed by atoms with Gasteiger partial charge in [0.15, 0.2) is 0 Å². The molecule has 0 amide bonds. The van der Waals surface area contributed by atoms with Crippen LogP contribution in [0.25, 0.3) is 0 Å². The van der Waals surface area contributed by atoms with E-state index in [1.54, 1.807) is 14.0 Å². The van der Waals surface area contributed by atoms with Crippen LogP contribution in [-0.4, -0.2) is 33.2 Å². The van der Waals surface area contributed by atoms with E-state index in [0.29, 0.717) is 21.0 Å².